The highest BCUT2D eigenvalue weighted by Gasteiger charge is 2.26. The molecule has 16 heavy (non-hydrogen) atoms. The van der Waals surface area contributed by atoms with Gasteiger partial charge in [-0.25, -0.2) is 0 Å². The molecule has 1 aliphatic carbocycles. The molecule has 2 nitrogen and oxygen atoms in total. The van der Waals surface area contributed by atoms with Gasteiger partial charge in [0.25, 0.3) is 0 Å². The van der Waals surface area contributed by atoms with Crippen LogP contribution in [-0.4, -0.2) is 17.6 Å². The molecule has 2 heteroatoms. The lowest BCUT2D eigenvalue weighted by Crippen LogP contribution is -2.37. The fourth-order valence-corrected chi connectivity index (χ4v) is 3.09. The third kappa shape index (κ3) is 1.000. The zero-order valence-corrected chi connectivity index (χ0v) is 9.09. The van der Waals surface area contributed by atoms with Gasteiger partial charge in [-0.05, 0) is 42.2 Å². The van der Waals surface area contributed by atoms with Gasteiger partial charge in [-0.1, -0.05) is 18.2 Å². The van der Waals surface area contributed by atoms with Gasteiger partial charge in [0.1, 0.15) is 0 Å². The number of nitrogens with one attached hydrogen (secondary N) is 2. The van der Waals surface area contributed by atoms with Crippen molar-refractivity contribution in [1.82, 2.24) is 10.3 Å². The van der Waals surface area contributed by atoms with Crippen molar-refractivity contribution in [2.24, 2.45) is 0 Å². The lowest BCUT2D eigenvalue weighted by Gasteiger charge is -2.30. The molecule has 80 valence electrons. The number of hydrogen-bond acceptors (Lipinski definition) is 1. The SMILES string of the molecule is C1=C2c3cccc4[nH]cc(c34)C[C@H]2NCC1. The third-order valence-corrected chi connectivity index (χ3v) is 3.80. The highest BCUT2D eigenvalue weighted by molar-refractivity contribution is 5.98. The van der Waals surface area contributed by atoms with Crippen LogP contribution >= 0.6 is 0 Å². The minimum Gasteiger partial charge on any atom is -0.361 e. The molecule has 2 aromatic rings. The van der Waals surface area contributed by atoms with Gasteiger partial charge in [0.2, 0.25) is 0 Å². The topological polar surface area (TPSA) is 27.8 Å². The second kappa shape index (κ2) is 2.98. The standard InChI is InChI=1S/C14H14N2/c1-3-11-10-4-2-6-15-13(10)7-9-8-16-12(5-1)14(9)11/h1,3-5,8,13,15-16H,2,6-7H2/t13-/m1/s1. The summed E-state index contributed by atoms with van der Waals surface area (Å²) >= 11 is 0. The van der Waals surface area contributed by atoms with Crippen LogP contribution in [0.2, 0.25) is 0 Å². The van der Waals surface area contributed by atoms with E-state index in [2.05, 4.69) is 40.8 Å². The largest absolute Gasteiger partial charge is 0.361 e. The molecule has 0 unspecified atom stereocenters. The molecule has 2 N–H and O–H groups in total. The van der Waals surface area contributed by atoms with E-state index < -0.39 is 0 Å². The molecule has 0 spiro atoms. The zero-order valence-electron chi connectivity index (χ0n) is 9.09. The van der Waals surface area contributed by atoms with E-state index in [1.54, 1.807) is 0 Å². The summed E-state index contributed by atoms with van der Waals surface area (Å²) in [6.45, 7) is 1.11. The molecular weight excluding hydrogens is 196 g/mol. The van der Waals surface area contributed by atoms with Crippen molar-refractivity contribution in [3.05, 3.63) is 41.6 Å². The lowest BCUT2D eigenvalue weighted by atomic mass is 9.83. The molecule has 2 aliphatic rings. The number of H-pyrrole nitrogens is 1. The van der Waals surface area contributed by atoms with E-state index in [1.165, 1.54) is 27.6 Å². The molecule has 1 atom stereocenters. The Hall–Kier alpha value is -1.54. The molecule has 4 rings (SSSR count). The Bertz CT molecular complexity index is 592. The number of rotatable bonds is 0. The van der Waals surface area contributed by atoms with Gasteiger partial charge < -0.3 is 10.3 Å². The maximum atomic E-state index is 3.61. The van der Waals surface area contributed by atoms with Crippen molar-refractivity contribution in [3.63, 3.8) is 0 Å². The maximum Gasteiger partial charge on any atom is 0.0462 e. The minimum atomic E-state index is 0.530. The van der Waals surface area contributed by atoms with Crippen LogP contribution in [0.1, 0.15) is 17.5 Å². The first-order valence-electron chi connectivity index (χ1n) is 5.96. The summed E-state index contributed by atoms with van der Waals surface area (Å²) in [6, 6.07) is 7.10. The Morgan fingerprint density at radius 1 is 1.25 bits per heavy atom. The van der Waals surface area contributed by atoms with Crippen molar-refractivity contribution in [3.8, 4) is 0 Å². The average molecular weight is 210 g/mol. The molecular formula is C14H14N2. The van der Waals surface area contributed by atoms with Gasteiger partial charge in [-0.2, -0.15) is 0 Å². The van der Waals surface area contributed by atoms with Crippen LogP contribution in [0.5, 0.6) is 0 Å². The zero-order chi connectivity index (χ0) is 10.5. The fraction of sp³-hybridized carbons (Fsp3) is 0.286. The van der Waals surface area contributed by atoms with Crippen molar-refractivity contribution >= 4 is 16.5 Å². The van der Waals surface area contributed by atoms with Crippen LogP contribution in [0.3, 0.4) is 0 Å². The molecule has 1 aromatic carbocycles. The van der Waals surface area contributed by atoms with Gasteiger partial charge in [-0.3, -0.25) is 0 Å². The highest BCUT2D eigenvalue weighted by Crippen LogP contribution is 2.37. The van der Waals surface area contributed by atoms with Crippen molar-refractivity contribution in [2.75, 3.05) is 6.54 Å². The van der Waals surface area contributed by atoms with Crippen molar-refractivity contribution in [1.29, 1.82) is 0 Å². The summed E-state index contributed by atoms with van der Waals surface area (Å²) in [4.78, 5) is 3.37. The van der Waals surface area contributed by atoms with Crippen LogP contribution in [0.15, 0.2) is 30.5 Å². The second-order valence-corrected chi connectivity index (χ2v) is 4.70. The summed E-state index contributed by atoms with van der Waals surface area (Å²) < 4.78 is 0. The molecule has 2 heterocycles. The Kier molecular flexibility index (Phi) is 1.60. The lowest BCUT2D eigenvalue weighted by molar-refractivity contribution is 0.585. The predicted octanol–water partition coefficient (Wildman–Crippen LogP) is 2.47. The fourth-order valence-electron chi connectivity index (χ4n) is 3.09. The van der Waals surface area contributed by atoms with Crippen LogP contribution in [-0.2, 0) is 6.42 Å². The summed E-state index contributed by atoms with van der Waals surface area (Å²) in [7, 11) is 0. The third-order valence-electron chi connectivity index (χ3n) is 3.80. The molecule has 1 aliphatic heterocycles. The average Bonchev–Trinajstić information content (AvgIpc) is 2.75. The Labute approximate surface area is 94.4 Å². The van der Waals surface area contributed by atoms with Gasteiger partial charge in [0.05, 0.1) is 0 Å². The highest BCUT2D eigenvalue weighted by atomic mass is 14.9. The van der Waals surface area contributed by atoms with Gasteiger partial charge >= 0.3 is 0 Å². The van der Waals surface area contributed by atoms with Crippen LogP contribution in [0.25, 0.3) is 16.5 Å². The first-order chi connectivity index (χ1) is 7.93. The van der Waals surface area contributed by atoms with Gasteiger partial charge in [0, 0.05) is 23.1 Å². The Balaban J connectivity index is 2.08. The van der Waals surface area contributed by atoms with Crippen LogP contribution in [0, 0.1) is 0 Å². The molecule has 0 amide bonds. The van der Waals surface area contributed by atoms with E-state index in [0.717, 1.165) is 19.4 Å². The van der Waals surface area contributed by atoms with Gasteiger partial charge in [-0.15, -0.1) is 0 Å². The summed E-state index contributed by atoms with van der Waals surface area (Å²) in [6.07, 6.45) is 6.86. The summed E-state index contributed by atoms with van der Waals surface area (Å²) in [5.74, 6) is 0. The number of aromatic nitrogens is 1. The first kappa shape index (κ1) is 8.59. The van der Waals surface area contributed by atoms with E-state index in [1.807, 2.05) is 0 Å². The number of fused-ring (bicyclic) bond motifs is 2. The monoisotopic (exact) mass is 210 g/mol. The van der Waals surface area contributed by atoms with E-state index in [-0.39, 0.29) is 0 Å². The molecule has 0 saturated carbocycles. The number of aromatic amines is 1. The smallest absolute Gasteiger partial charge is 0.0462 e. The molecule has 0 radical (unpaired) electrons. The second-order valence-electron chi connectivity index (χ2n) is 4.70. The summed E-state index contributed by atoms with van der Waals surface area (Å²) in [5, 5.41) is 5.05. The molecule has 0 fully saturated rings. The Morgan fingerprint density at radius 3 is 3.25 bits per heavy atom. The Morgan fingerprint density at radius 2 is 2.25 bits per heavy atom. The van der Waals surface area contributed by atoms with E-state index in [4.69, 9.17) is 0 Å². The van der Waals surface area contributed by atoms with Gasteiger partial charge in [0.15, 0.2) is 0 Å². The maximum absolute atomic E-state index is 3.61. The van der Waals surface area contributed by atoms with Crippen LogP contribution < -0.4 is 5.32 Å². The normalized spacial score (nSPS) is 23.0. The van der Waals surface area contributed by atoms with E-state index in [9.17, 15) is 0 Å². The number of hydrogen-bond donors (Lipinski definition) is 2. The van der Waals surface area contributed by atoms with E-state index >= 15 is 0 Å². The predicted molar refractivity (Wildman–Crippen MR) is 66.4 cm³/mol. The first-order valence-corrected chi connectivity index (χ1v) is 5.96. The van der Waals surface area contributed by atoms with Crippen LogP contribution in [0.4, 0.5) is 0 Å². The van der Waals surface area contributed by atoms with Crippen molar-refractivity contribution in [2.45, 2.75) is 18.9 Å². The summed E-state index contributed by atoms with van der Waals surface area (Å²) in [5.41, 5.74) is 5.67. The quantitative estimate of drug-likeness (QED) is 0.687. The van der Waals surface area contributed by atoms with E-state index in [0.29, 0.717) is 6.04 Å². The van der Waals surface area contributed by atoms with Crippen molar-refractivity contribution < 1.29 is 0 Å². The molecule has 1 aromatic heterocycles. The molecule has 0 saturated heterocycles. The minimum absolute atomic E-state index is 0.530. The molecule has 0 bridgehead atoms. The number of benzene rings is 1.